The Bertz CT molecular complexity index is 1270. The summed E-state index contributed by atoms with van der Waals surface area (Å²) in [4.78, 5) is 121. The molecule has 0 aliphatic rings. The first-order valence-corrected chi connectivity index (χ1v) is 16.2. The maximum atomic E-state index is 13.3. The molecule has 51 heavy (non-hydrogen) atoms. The zero-order chi connectivity index (χ0) is 39.3. The predicted molar refractivity (Wildman–Crippen MR) is 178 cm³/mol. The summed E-state index contributed by atoms with van der Waals surface area (Å²) in [7, 11) is 0. The first-order valence-electron chi connectivity index (χ1n) is 16.2. The van der Waals surface area contributed by atoms with Gasteiger partial charge in [-0.25, -0.2) is 4.79 Å². The van der Waals surface area contributed by atoms with Crippen LogP contribution in [-0.4, -0.2) is 126 Å². The number of carboxylic acids is 2. The molecule has 0 aromatic rings. The topological polar surface area (TPSA) is 333 Å². The molecular weight excluding hydrogens is 678 g/mol. The molecule has 0 radical (unpaired) electrons. The van der Waals surface area contributed by atoms with Gasteiger partial charge in [-0.3, -0.25) is 43.2 Å². The molecule has 21 heteroatoms. The van der Waals surface area contributed by atoms with Crippen LogP contribution in [0.2, 0.25) is 0 Å². The second kappa shape index (κ2) is 23.9. The van der Waals surface area contributed by atoms with Gasteiger partial charge < -0.3 is 58.5 Å². The molecule has 4 atom stereocenters. The zero-order valence-electron chi connectivity index (χ0n) is 29.4. The van der Waals surface area contributed by atoms with Crippen LogP contribution in [0.3, 0.4) is 0 Å². The van der Waals surface area contributed by atoms with E-state index in [9.17, 15) is 53.1 Å². The van der Waals surface area contributed by atoms with Gasteiger partial charge >= 0.3 is 11.9 Å². The van der Waals surface area contributed by atoms with Gasteiger partial charge in [-0.2, -0.15) is 0 Å². The lowest BCUT2D eigenvalue weighted by Gasteiger charge is -2.27. The van der Waals surface area contributed by atoms with E-state index in [1.165, 1.54) is 6.92 Å². The summed E-state index contributed by atoms with van der Waals surface area (Å²) in [5.74, 6) is -8.80. The molecule has 0 heterocycles. The van der Waals surface area contributed by atoms with E-state index in [0.29, 0.717) is 0 Å². The lowest BCUT2D eigenvalue weighted by Crippen LogP contribution is -2.58. The van der Waals surface area contributed by atoms with Gasteiger partial charge in [0.05, 0.1) is 32.7 Å². The normalized spacial score (nSPS) is 13.0. The van der Waals surface area contributed by atoms with Gasteiger partial charge in [-0.05, 0) is 38.0 Å². The highest BCUT2D eigenvalue weighted by Gasteiger charge is 2.31. The van der Waals surface area contributed by atoms with Gasteiger partial charge in [0.25, 0.3) is 0 Å². The van der Waals surface area contributed by atoms with Crippen LogP contribution < -0.4 is 48.3 Å². The minimum Gasteiger partial charge on any atom is -0.481 e. The molecule has 0 aliphatic heterocycles. The minimum absolute atomic E-state index is 0.0973. The fourth-order valence-corrected chi connectivity index (χ4v) is 4.11. The second-order valence-electron chi connectivity index (χ2n) is 12.3. The number of amides is 8. The predicted octanol–water partition coefficient (Wildman–Crippen LogP) is -4.59. The van der Waals surface area contributed by atoms with Gasteiger partial charge in [0.15, 0.2) is 0 Å². The molecule has 8 amide bonds. The van der Waals surface area contributed by atoms with Gasteiger partial charge in [-0.1, -0.05) is 27.7 Å². The molecule has 0 bridgehead atoms. The number of nitrogens with one attached hydrogen (secondary N) is 8. The SMILES string of the molecule is CC(C)CC(NC(=O)C(C)NC(=O)CNC(=O)CNC(=O)CNC(=O)CNC(=O)CN)C(=O)NC(CC(C)C)C(=O)NC(CCC(=O)O)C(=O)O. The third-order valence-electron chi connectivity index (χ3n) is 6.68. The van der Waals surface area contributed by atoms with Crippen LogP contribution >= 0.6 is 0 Å². The van der Waals surface area contributed by atoms with Gasteiger partial charge in [0, 0.05) is 6.42 Å². The van der Waals surface area contributed by atoms with E-state index in [-0.39, 0.29) is 37.6 Å². The summed E-state index contributed by atoms with van der Waals surface area (Å²) in [5, 5.41) is 36.9. The number of carboxylic acid groups (broad SMARTS) is 2. The Morgan fingerprint density at radius 1 is 0.510 bits per heavy atom. The van der Waals surface area contributed by atoms with Gasteiger partial charge in [0.1, 0.15) is 24.2 Å². The standard InChI is InChI=1S/C30H51N9O12/c1-15(2)8-19(29(49)39-20(9-16(3)4)28(48)37-18(30(50)51)6-7-26(45)46)38-27(47)17(5)36-25(44)14-35-24(43)13-34-23(42)12-33-22(41)11-32-21(40)10-31/h15-20H,6-14,31H2,1-5H3,(H,32,40)(H,33,41)(H,34,42)(H,35,43)(H,36,44)(H,37,48)(H,38,47)(H,39,49)(H,45,46)(H,50,51). The Hall–Kier alpha value is -5.34. The highest BCUT2D eigenvalue weighted by Crippen LogP contribution is 2.10. The van der Waals surface area contributed by atoms with Crippen molar-refractivity contribution in [3.8, 4) is 0 Å². The van der Waals surface area contributed by atoms with Crippen LogP contribution in [0.1, 0.15) is 60.3 Å². The van der Waals surface area contributed by atoms with E-state index in [2.05, 4.69) is 42.5 Å². The van der Waals surface area contributed by atoms with Crippen molar-refractivity contribution >= 4 is 59.2 Å². The lowest BCUT2D eigenvalue weighted by atomic mass is 9.99. The van der Waals surface area contributed by atoms with E-state index in [0.717, 1.165) is 0 Å². The van der Waals surface area contributed by atoms with E-state index in [1.54, 1.807) is 27.7 Å². The van der Waals surface area contributed by atoms with Crippen molar-refractivity contribution in [1.82, 2.24) is 42.5 Å². The van der Waals surface area contributed by atoms with Crippen molar-refractivity contribution in [2.75, 3.05) is 32.7 Å². The molecule has 0 aliphatic carbocycles. The molecule has 12 N–H and O–H groups in total. The number of carbonyl (C=O) groups is 10. The number of rotatable bonds is 24. The largest absolute Gasteiger partial charge is 0.481 e. The summed E-state index contributed by atoms with van der Waals surface area (Å²) in [6.07, 6.45) is -0.666. The van der Waals surface area contributed by atoms with Crippen LogP contribution in [0.15, 0.2) is 0 Å². The van der Waals surface area contributed by atoms with Crippen molar-refractivity contribution in [2.24, 2.45) is 17.6 Å². The third kappa shape index (κ3) is 21.4. The van der Waals surface area contributed by atoms with Crippen LogP contribution in [0.4, 0.5) is 0 Å². The smallest absolute Gasteiger partial charge is 0.326 e. The number of carbonyl (C=O) groups excluding carboxylic acids is 8. The Morgan fingerprint density at radius 2 is 0.882 bits per heavy atom. The Balaban J connectivity index is 5.10. The zero-order valence-corrected chi connectivity index (χ0v) is 29.4. The fourth-order valence-electron chi connectivity index (χ4n) is 4.11. The first-order chi connectivity index (χ1) is 23.7. The lowest BCUT2D eigenvalue weighted by molar-refractivity contribution is -0.143. The van der Waals surface area contributed by atoms with Gasteiger partial charge in [-0.15, -0.1) is 0 Å². The van der Waals surface area contributed by atoms with Crippen molar-refractivity contribution in [1.29, 1.82) is 0 Å². The molecule has 0 spiro atoms. The Morgan fingerprint density at radius 3 is 1.25 bits per heavy atom. The summed E-state index contributed by atoms with van der Waals surface area (Å²) in [6, 6.07) is -5.08. The van der Waals surface area contributed by atoms with Crippen LogP contribution in [0, 0.1) is 11.8 Å². The fraction of sp³-hybridized carbons (Fsp3) is 0.667. The number of hydrogen-bond donors (Lipinski definition) is 11. The molecular formula is C30H51N9O12. The Kier molecular flexibility index (Phi) is 21.4. The van der Waals surface area contributed by atoms with E-state index >= 15 is 0 Å². The molecule has 288 valence electrons. The highest BCUT2D eigenvalue weighted by atomic mass is 16.4. The number of hydrogen-bond acceptors (Lipinski definition) is 11. The summed E-state index contributed by atoms with van der Waals surface area (Å²) >= 11 is 0. The van der Waals surface area contributed by atoms with Crippen molar-refractivity contribution < 1.29 is 58.2 Å². The van der Waals surface area contributed by atoms with Crippen molar-refractivity contribution in [3.63, 3.8) is 0 Å². The molecule has 0 saturated heterocycles. The maximum absolute atomic E-state index is 13.3. The van der Waals surface area contributed by atoms with Crippen molar-refractivity contribution in [2.45, 2.75) is 84.5 Å². The quantitative estimate of drug-likeness (QED) is 0.0446. The average Bonchev–Trinajstić information content (AvgIpc) is 3.04. The van der Waals surface area contributed by atoms with Gasteiger partial charge in [0.2, 0.25) is 47.3 Å². The summed E-state index contributed by atoms with van der Waals surface area (Å²) in [6.45, 7) is 6.11. The second-order valence-corrected chi connectivity index (χ2v) is 12.3. The molecule has 4 unspecified atom stereocenters. The third-order valence-corrected chi connectivity index (χ3v) is 6.68. The molecule has 21 nitrogen and oxygen atoms in total. The molecule has 0 aromatic heterocycles. The summed E-state index contributed by atoms with van der Waals surface area (Å²) < 4.78 is 0. The van der Waals surface area contributed by atoms with Crippen molar-refractivity contribution in [3.05, 3.63) is 0 Å². The minimum atomic E-state index is -1.51. The highest BCUT2D eigenvalue weighted by molar-refractivity contribution is 5.96. The molecule has 0 aromatic carbocycles. The monoisotopic (exact) mass is 729 g/mol. The average molecular weight is 730 g/mol. The van der Waals surface area contributed by atoms with E-state index < -0.39 is 116 Å². The van der Waals surface area contributed by atoms with Crippen LogP contribution in [0.25, 0.3) is 0 Å². The van der Waals surface area contributed by atoms with Crippen LogP contribution in [0.5, 0.6) is 0 Å². The molecule has 0 saturated carbocycles. The van der Waals surface area contributed by atoms with E-state index in [1.807, 2.05) is 0 Å². The molecule has 0 fully saturated rings. The number of nitrogens with two attached hydrogens (primary N) is 1. The molecule has 0 rings (SSSR count). The van der Waals surface area contributed by atoms with E-state index in [4.69, 9.17) is 10.8 Å². The summed E-state index contributed by atoms with van der Waals surface area (Å²) in [5.41, 5.74) is 5.09. The number of aliphatic carboxylic acids is 2. The maximum Gasteiger partial charge on any atom is 0.326 e. The first kappa shape index (κ1) is 45.7. The van der Waals surface area contributed by atoms with Crippen LogP contribution in [-0.2, 0) is 47.9 Å². The Labute approximate surface area is 294 Å².